The van der Waals surface area contributed by atoms with Gasteiger partial charge in [-0.25, -0.2) is 17.5 Å². The van der Waals surface area contributed by atoms with Gasteiger partial charge in [0.15, 0.2) is 0 Å². The maximum atomic E-state index is 13.2. The number of anilines is 1. The molecule has 0 spiro atoms. The lowest BCUT2D eigenvalue weighted by atomic mass is 10.0. The van der Waals surface area contributed by atoms with Gasteiger partial charge in [-0.1, -0.05) is 37.3 Å². The van der Waals surface area contributed by atoms with Gasteiger partial charge in [-0.15, -0.1) is 0 Å². The van der Waals surface area contributed by atoms with Gasteiger partial charge in [-0.2, -0.15) is 0 Å². The van der Waals surface area contributed by atoms with Gasteiger partial charge in [-0.05, 0) is 30.9 Å². The maximum Gasteiger partial charge on any atom is 0.242 e. The van der Waals surface area contributed by atoms with Gasteiger partial charge in [0.2, 0.25) is 10.0 Å². The molecule has 0 radical (unpaired) electrons. The largest absolute Gasteiger partial charge is 0.396 e. The SMILES string of the molecule is Nc1cc(S(=O)(=O)NCCCC2CCCC2)c(Cl)cc1F. The Morgan fingerprint density at radius 1 is 1.33 bits per heavy atom. The average Bonchev–Trinajstić information content (AvgIpc) is 2.92. The Bertz CT molecular complexity index is 601. The zero-order chi connectivity index (χ0) is 15.5. The summed E-state index contributed by atoms with van der Waals surface area (Å²) in [4.78, 5) is -0.177. The summed E-state index contributed by atoms with van der Waals surface area (Å²) in [5, 5.41) is -0.162. The standard InChI is InChI=1S/C14H20ClFN2O2S/c15-11-8-12(16)13(17)9-14(11)21(19,20)18-7-3-6-10-4-1-2-5-10/h8-10,18H,1-7,17H2. The monoisotopic (exact) mass is 334 g/mol. The topological polar surface area (TPSA) is 72.2 Å². The van der Waals surface area contributed by atoms with Gasteiger partial charge in [0.1, 0.15) is 10.7 Å². The second-order valence-corrected chi connectivity index (χ2v) is 7.64. The fourth-order valence-electron chi connectivity index (χ4n) is 2.72. The number of hydrogen-bond donors (Lipinski definition) is 2. The number of halogens is 2. The molecule has 21 heavy (non-hydrogen) atoms. The molecule has 0 heterocycles. The molecule has 2 rings (SSSR count). The van der Waals surface area contributed by atoms with Crippen LogP contribution in [-0.2, 0) is 10.0 Å². The van der Waals surface area contributed by atoms with Gasteiger partial charge in [0.05, 0.1) is 10.7 Å². The quantitative estimate of drug-likeness (QED) is 0.619. The molecule has 118 valence electrons. The number of nitrogens with one attached hydrogen (secondary N) is 1. The average molecular weight is 335 g/mol. The highest BCUT2D eigenvalue weighted by atomic mass is 35.5. The second kappa shape index (κ2) is 6.94. The minimum absolute atomic E-state index is 0.162. The van der Waals surface area contributed by atoms with E-state index >= 15 is 0 Å². The fourth-order valence-corrected chi connectivity index (χ4v) is 4.35. The van der Waals surface area contributed by atoms with Crippen molar-refractivity contribution in [3.63, 3.8) is 0 Å². The molecule has 0 saturated heterocycles. The lowest BCUT2D eigenvalue weighted by molar-refractivity contribution is 0.480. The molecule has 3 N–H and O–H groups in total. The molecular weight excluding hydrogens is 315 g/mol. The Hall–Kier alpha value is -0.850. The van der Waals surface area contributed by atoms with Crippen LogP contribution in [0, 0.1) is 11.7 Å². The predicted molar refractivity (Wildman–Crippen MR) is 82.2 cm³/mol. The molecule has 1 aromatic rings. The van der Waals surface area contributed by atoms with Gasteiger partial charge in [0, 0.05) is 6.54 Å². The van der Waals surface area contributed by atoms with Crippen LogP contribution in [-0.4, -0.2) is 15.0 Å². The molecule has 1 aliphatic rings. The molecule has 0 bridgehead atoms. The van der Waals surface area contributed by atoms with Crippen LogP contribution in [0.15, 0.2) is 17.0 Å². The highest BCUT2D eigenvalue weighted by Crippen LogP contribution is 2.29. The molecule has 0 amide bonds. The van der Waals surface area contributed by atoms with Crippen LogP contribution in [0.5, 0.6) is 0 Å². The minimum Gasteiger partial charge on any atom is -0.396 e. The minimum atomic E-state index is -3.75. The third-order valence-electron chi connectivity index (χ3n) is 3.90. The molecule has 1 aliphatic carbocycles. The van der Waals surface area contributed by atoms with Crippen LogP contribution in [0.25, 0.3) is 0 Å². The van der Waals surface area contributed by atoms with E-state index in [4.69, 9.17) is 17.3 Å². The molecule has 0 aliphatic heterocycles. The third kappa shape index (κ3) is 4.31. The van der Waals surface area contributed by atoms with Gasteiger partial charge in [-0.3, -0.25) is 0 Å². The Labute approximate surface area is 129 Å². The summed E-state index contributed by atoms with van der Waals surface area (Å²) in [6, 6.07) is 1.97. The summed E-state index contributed by atoms with van der Waals surface area (Å²) in [5.41, 5.74) is 5.17. The summed E-state index contributed by atoms with van der Waals surface area (Å²) < 4.78 is 40.0. The third-order valence-corrected chi connectivity index (χ3v) is 5.82. The van der Waals surface area contributed by atoms with Crippen molar-refractivity contribution in [1.29, 1.82) is 0 Å². The first-order valence-corrected chi connectivity index (χ1v) is 9.00. The van der Waals surface area contributed by atoms with Crippen molar-refractivity contribution >= 4 is 27.3 Å². The summed E-state index contributed by atoms with van der Waals surface area (Å²) in [6.45, 7) is 0.354. The van der Waals surface area contributed by atoms with E-state index in [1.54, 1.807) is 0 Å². The number of hydrogen-bond acceptors (Lipinski definition) is 3. The number of rotatable bonds is 6. The predicted octanol–water partition coefficient (Wildman–Crippen LogP) is 3.31. The zero-order valence-electron chi connectivity index (χ0n) is 11.7. The van der Waals surface area contributed by atoms with Crippen LogP contribution in [0.2, 0.25) is 5.02 Å². The van der Waals surface area contributed by atoms with E-state index in [2.05, 4.69) is 4.72 Å². The van der Waals surface area contributed by atoms with Crippen LogP contribution >= 0.6 is 11.6 Å². The summed E-state index contributed by atoms with van der Waals surface area (Å²) in [7, 11) is -3.75. The van der Waals surface area contributed by atoms with Crippen molar-refractivity contribution in [2.45, 2.75) is 43.4 Å². The van der Waals surface area contributed by atoms with Crippen molar-refractivity contribution in [3.8, 4) is 0 Å². The van der Waals surface area contributed by atoms with Gasteiger partial charge in [0.25, 0.3) is 0 Å². The molecule has 0 aromatic heterocycles. The lowest BCUT2D eigenvalue weighted by Crippen LogP contribution is -2.25. The second-order valence-electron chi connectivity index (χ2n) is 5.49. The molecule has 1 aromatic carbocycles. The summed E-state index contributed by atoms with van der Waals surface area (Å²) in [6.07, 6.45) is 6.86. The molecule has 7 heteroatoms. The smallest absolute Gasteiger partial charge is 0.242 e. The number of nitrogens with two attached hydrogens (primary N) is 1. The van der Waals surface area contributed by atoms with Crippen molar-refractivity contribution in [2.75, 3.05) is 12.3 Å². The van der Waals surface area contributed by atoms with E-state index in [9.17, 15) is 12.8 Å². The maximum absolute atomic E-state index is 13.2. The fraction of sp³-hybridized carbons (Fsp3) is 0.571. The van der Waals surface area contributed by atoms with E-state index < -0.39 is 15.8 Å². The normalized spacial score (nSPS) is 16.5. The van der Waals surface area contributed by atoms with Crippen molar-refractivity contribution in [1.82, 2.24) is 4.72 Å². The molecular formula is C14H20ClFN2O2S. The first kappa shape index (κ1) is 16.5. The number of sulfonamides is 1. The van der Waals surface area contributed by atoms with Gasteiger partial charge >= 0.3 is 0 Å². The van der Waals surface area contributed by atoms with Crippen molar-refractivity contribution < 1.29 is 12.8 Å². The first-order chi connectivity index (χ1) is 9.90. The van der Waals surface area contributed by atoms with E-state index in [0.717, 1.165) is 30.9 Å². The Morgan fingerprint density at radius 3 is 2.67 bits per heavy atom. The van der Waals surface area contributed by atoms with Crippen LogP contribution < -0.4 is 10.5 Å². The Balaban J connectivity index is 1.93. The highest BCUT2D eigenvalue weighted by Gasteiger charge is 2.20. The van der Waals surface area contributed by atoms with Crippen molar-refractivity contribution in [2.24, 2.45) is 5.92 Å². The molecule has 0 atom stereocenters. The molecule has 0 unspecified atom stereocenters. The molecule has 1 saturated carbocycles. The zero-order valence-corrected chi connectivity index (χ0v) is 13.3. The van der Waals surface area contributed by atoms with Crippen LogP contribution in [0.1, 0.15) is 38.5 Å². The van der Waals surface area contributed by atoms with Gasteiger partial charge < -0.3 is 5.73 Å². The van der Waals surface area contributed by atoms with Crippen LogP contribution in [0.4, 0.5) is 10.1 Å². The van der Waals surface area contributed by atoms with E-state index in [0.29, 0.717) is 6.54 Å². The first-order valence-electron chi connectivity index (χ1n) is 7.14. The molecule has 1 fully saturated rings. The number of nitrogen functional groups attached to an aromatic ring is 1. The van der Waals surface area contributed by atoms with Crippen molar-refractivity contribution in [3.05, 3.63) is 23.0 Å². The Kier molecular flexibility index (Phi) is 5.46. The van der Waals surface area contributed by atoms with E-state index in [1.165, 1.54) is 25.7 Å². The summed E-state index contributed by atoms with van der Waals surface area (Å²) in [5.74, 6) is -0.000240. The number of benzene rings is 1. The highest BCUT2D eigenvalue weighted by molar-refractivity contribution is 7.89. The Morgan fingerprint density at radius 2 is 2.00 bits per heavy atom. The van der Waals surface area contributed by atoms with Crippen LogP contribution in [0.3, 0.4) is 0 Å². The molecule has 4 nitrogen and oxygen atoms in total. The summed E-state index contributed by atoms with van der Waals surface area (Å²) >= 11 is 5.79. The lowest BCUT2D eigenvalue weighted by Gasteiger charge is -2.11. The van der Waals surface area contributed by atoms with E-state index in [1.807, 2.05) is 0 Å². The van der Waals surface area contributed by atoms with E-state index in [-0.39, 0.29) is 15.6 Å².